The zero-order valence-corrected chi connectivity index (χ0v) is 17.6. The van der Waals surface area contributed by atoms with Crippen LogP contribution in [0.2, 0.25) is 0 Å². The smallest absolute Gasteiger partial charge is 0.260 e. The maximum Gasteiger partial charge on any atom is 0.260 e. The van der Waals surface area contributed by atoms with E-state index in [1.54, 1.807) is 0 Å². The van der Waals surface area contributed by atoms with E-state index in [9.17, 15) is 4.79 Å². The number of anilines is 2. The Balaban J connectivity index is 1.24. The highest BCUT2D eigenvalue weighted by Crippen LogP contribution is 2.18. The van der Waals surface area contributed by atoms with E-state index in [1.165, 1.54) is 0 Å². The second-order valence-electron chi connectivity index (χ2n) is 7.64. The van der Waals surface area contributed by atoms with Gasteiger partial charge in [-0.15, -0.1) is 10.2 Å². The molecule has 0 bridgehead atoms. The fraction of sp³-hybridized carbons (Fsp3) is 0.500. The maximum atomic E-state index is 12.4. The Morgan fingerprint density at radius 2 is 1.40 bits per heavy atom. The van der Waals surface area contributed by atoms with Gasteiger partial charge in [0.05, 0.1) is 0 Å². The molecule has 0 radical (unpaired) electrons. The molecule has 1 aromatic carbocycles. The zero-order chi connectivity index (χ0) is 20.8. The number of carbonyl (C=O) groups is 1. The van der Waals surface area contributed by atoms with Gasteiger partial charge in [-0.05, 0) is 30.8 Å². The quantitative estimate of drug-likeness (QED) is 0.712. The van der Waals surface area contributed by atoms with E-state index in [-0.39, 0.29) is 12.5 Å². The summed E-state index contributed by atoms with van der Waals surface area (Å²) < 4.78 is 5.58. The van der Waals surface area contributed by atoms with Gasteiger partial charge in [0.2, 0.25) is 0 Å². The molecule has 4 rings (SSSR count). The molecule has 0 saturated carbocycles. The molecule has 8 heteroatoms. The fourth-order valence-corrected chi connectivity index (χ4v) is 3.89. The summed E-state index contributed by atoms with van der Waals surface area (Å²) in [6, 6.07) is 13.6. The number of hydrogen-bond acceptors (Lipinski definition) is 7. The van der Waals surface area contributed by atoms with Crippen molar-refractivity contribution < 1.29 is 9.53 Å². The van der Waals surface area contributed by atoms with Crippen LogP contribution in [0.3, 0.4) is 0 Å². The van der Waals surface area contributed by atoms with E-state index in [2.05, 4.69) is 37.9 Å². The first-order valence-electron chi connectivity index (χ1n) is 10.7. The number of hydrogen-bond donors (Lipinski definition) is 0. The molecular formula is C22H30N6O2. The average Bonchev–Trinajstić information content (AvgIpc) is 2.83. The second kappa shape index (κ2) is 9.75. The Morgan fingerprint density at radius 3 is 1.93 bits per heavy atom. The molecule has 1 amide bonds. The van der Waals surface area contributed by atoms with Gasteiger partial charge in [-0.3, -0.25) is 4.79 Å². The lowest BCUT2D eigenvalue weighted by molar-refractivity contribution is -0.133. The molecule has 2 fully saturated rings. The number of benzene rings is 1. The monoisotopic (exact) mass is 410 g/mol. The van der Waals surface area contributed by atoms with Crippen LogP contribution in [0.1, 0.15) is 6.92 Å². The van der Waals surface area contributed by atoms with Crippen molar-refractivity contribution in [3.63, 3.8) is 0 Å². The van der Waals surface area contributed by atoms with Crippen molar-refractivity contribution in [2.24, 2.45) is 0 Å². The minimum Gasteiger partial charge on any atom is -0.484 e. The Kier molecular flexibility index (Phi) is 6.63. The number of ether oxygens (including phenoxy) is 1. The summed E-state index contributed by atoms with van der Waals surface area (Å²) in [5.74, 6) is 2.56. The van der Waals surface area contributed by atoms with Gasteiger partial charge >= 0.3 is 0 Å². The van der Waals surface area contributed by atoms with Crippen LogP contribution >= 0.6 is 0 Å². The summed E-state index contributed by atoms with van der Waals surface area (Å²) >= 11 is 0. The van der Waals surface area contributed by atoms with Crippen LogP contribution in [0.15, 0.2) is 42.5 Å². The third-order valence-corrected chi connectivity index (χ3v) is 5.84. The highest BCUT2D eigenvalue weighted by molar-refractivity contribution is 5.78. The first kappa shape index (κ1) is 20.4. The average molecular weight is 411 g/mol. The van der Waals surface area contributed by atoms with E-state index in [1.807, 2.05) is 41.3 Å². The second-order valence-corrected chi connectivity index (χ2v) is 7.64. The van der Waals surface area contributed by atoms with Crippen molar-refractivity contribution in [3.05, 3.63) is 42.5 Å². The van der Waals surface area contributed by atoms with Crippen molar-refractivity contribution in [3.8, 4) is 5.75 Å². The molecule has 0 N–H and O–H groups in total. The molecule has 8 nitrogen and oxygen atoms in total. The van der Waals surface area contributed by atoms with Crippen LogP contribution in [-0.2, 0) is 4.79 Å². The largest absolute Gasteiger partial charge is 0.484 e. The highest BCUT2D eigenvalue weighted by Gasteiger charge is 2.23. The van der Waals surface area contributed by atoms with Gasteiger partial charge in [0, 0.05) is 52.4 Å². The van der Waals surface area contributed by atoms with Crippen molar-refractivity contribution >= 4 is 17.5 Å². The SMILES string of the molecule is CCN1CCN(c2ccc(N3CCN(C(=O)COc4ccccc4)CC3)nn2)CC1. The molecule has 3 heterocycles. The summed E-state index contributed by atoms with van der Waals surface area (Å²) in [7, 11) is 0. The van der Waals surface area contributed by atoms with E-state index in [0.717, 1.165) is 63.2 Å². The van der Waals surface area contributed by atoms with Gasteiger partial charge in [-0.25, -0.2) is 0 Å². The zero-order valence-electron chi connectivity index (χ0n) is 17.6. The van der Waals surface area contributed by atoms with Gasteiger partial charge in [-0.2, -0.15) is 0 Å². The summed E-state index contributed by atoms with van der Waals surface area (Å²) in [6.45, 7) is 10.3. The Bertz CT molecular complexity index is 800. The van der Waals surface area contributed by atoms with Crippen molar-refractivity contribution in [2.45, 2.75) is 6.92 Å². The summed E-state index contributed by atoms with van der Waals surface area (Å²) in [5.41, 5.74) is 0. The number of para-hydroxylation sites is 1. The lowest BCUT2D eigenvalue weighted by Gasteiger charge is -2.36. The minimum absolute atomic E-state index is 0.0196. The van der Waals surface area contributed by atoms with E-state index < -0.39 is 0 Å². The molecule has 0 aliphatic carbocycles. The van der Waals surface area contributed by atoms with E-state index >= 15 is 0 Å². The van der Waals surface area contributed by atoms with Crippen molar-refractivity contribution in [2.75, 3.05) is 75.3 Å². The topological polar surface area (TPSA) is 65.0 Å². The third kappa shape index (κ3) is 4.99. The van der Waals surface area contributed by atoms with Gasteiger partial charge in [0.15, 0.2) is 18.2 Å². The first-order chi connectivity index (χ1) is 14.7. The van der Waals surface area contributed by atoms with Gasteiger partial charge in [0.25, 0.3) is 5.91 Å². The predicted octanol–water partition coefficient (Wildman–Crippen LogP) is 1.35. The van der Waals surface area contributed by atoms with Crippen LogP contribution in [0.5, 0.6) is 5.75 Å². The normalized spacial score (nSPS) is 17.8. The number of aromatic nitrogens is 2. The number of rotatable bonds is 6. The van der Waals surface area contributed by atoms with Gasteiger partial charge < -0.3 is 24.3 Å². The number of carbonyl (C=O) groups excluding carboxylic acids is 1. The molecule has 2 aliphatic rings. The van der Waals surface area contributed by atoms with Crippen LogP contribution in [0.25, 0.3) is 0 Å². The van der Waals surface area contributed by atoms with Crippen LogP contribution < -0.4 is 14.5 Å². The Morgan fingerprint density at radius 1 is 0.833 bits per heavy atom. The molecule has 2 saturated heterocycles. The van der Waals surface area contributed by atoms with Gasteiger partial charge in [0.1, 0.15) is 5.75 Å². The highest BCUT2D eigenvalue weighted by atomic mass is 16.5. The molecular weight excluding hydrogens is 380 g/mol. The summed E-state index contributed by atoms with van der Waals surface area (Å²) in [4.78, 5) is 21.2. The molecule has 0 spiro atoms. The van der Waals surface area contributed by atoms with Crippen LogP contribution in [-0.4, -0.2) is 91.4 Å². The van der Waals surface area contributed by atoms with E-state index in [0.29, 0.717) is 13.1 Å². The summed E-state index contributed by atoms with van der Waals surface area (Å²) in [6.07, 6.45) is 0. The number of likely N-dealkylation sites (N-methyl/N-ethyl adjacent to an activating group) is 1. The maximum absolute atomic E-state index is 12.4. The molecule has 2 aliphatic heterocycles. The number of amides is 1. The Labute approximate surface area is 178 Å². The number of nitrogens with zero attached hydrogens (tertiary/aromatic N) is 6. The lowest BCUT2D eigenvalue weighted by Crippen LogP contribution is -2.50. The molecule has 1 aromatic heterocycles. The minimum atomic E-state index is 0.0196. The molecule has 30 heavy (non-hydrogen) atoms. The fourth-order valence-electron chi connectivity index (χ4n) is 3.89. The molecule has 0 unspecified atom stereocenters. The lowest BCUT2D eigenvalue weighted by atomic mass is 10.3. The van der Waals surface area contributed by atoms with Crippen molar-refractivity contribution in [1.29, 1.82) is 0 Å². The van der Waals surface area contributed by atoms with E-state index in [4.69, 9.17) is 4.74 Å². The third-order valence-electron chi connectivity index (χ3n) is 5.84. The first-order valence-corrected chi connectivity index (χ1v) is 10.7. The van der Waals surface area contributed by atoms with Crippen LogP contribution in [0.4, 0.5) is 11.6 Å². The molecule has 2 aromatic rings. The van der Waals surface area contributed by atoms with Crippen LogP contribution in [0, 0.1) is 0 Å². The standard InChI is InChI=1S/C22H30N6O2/c1-2-25-10-12-26(13-11-25)20-8-9-21(24-23-20)27-14-16-28(17-15-27)22(29)18-30-19-6-4-3-5-7-19/h3-9H,2,10-18H2,1H3. The Hall–Kier alpha value is -2.87. The predicted molar refractivity (Wildman–Crippen MR) is 117 cm³/mol. The van der Waals surface area contributed by atoms with Crippen molar-refractivity contribution in [1.82, 2.24) is 20.0 Å². The summed E-state index contributed by atoms with van der Waals surface area (Å²) in [5, 5.41) is 8.92. The molecule has 0 atom stereocenters. The number of piperazine rings is 2. The molecule has 160 valence electrons. The van der Waals surface area contributed by atoms with Gasteiger partial charge in [-0.1, -0.05) is 25.1 Å².